The van der Waals surface area contributed by atoms with E-state index >= 15 is 0 Å². The van der Waals surface area contributed by atoms with E-state index in [1.165, 1.54) is 6.07 Å². The summed E-state index contributed by atoms with van der Waals surface area (Å²) >= 11 is 0. The molecule has 0 spiro atoms. The molecule has 3 nitrogen and oxygen atoms in total. The van der Waals surface area contributed by atoms with Crippen molar-refractivity contribution in [2.45, 2.75) is 32.1 Å². The highest BCUT2D eigenvalue weighted by atomic mass is 19.1. The molecule has 0 atom stereocenters. The zero-order chi connectivity index (χ0) is 14.6. The summed E-state index contributed by atoms with van der Waals surface area (Å²) in [6, 6.07) is 6.61. The Morgan fingerprint density at radius 2 is 1.95 bits per heavy atom. The number of hydrogen-bond acceptors (Lipinski definition) is 2. The summed E-state index contributed by atoms with van der Waals surface area (Å²) in [7, 11) is 0. The zero-order valence-corrected chi connectivity index (χ0v) is 12.3. The molecule has 1 aliphatic carbocycles. The topological polar surface area (TPSA) is 32.3 Å². The minimum Gasteiger partial charge on any atom is -0.354 e. The molecule has 1 amide bonds. The van der Waals surface area contributed by atoms with E-state index in [4.69, 9.17) is 0 Å². The van der Waals surface area contributed by atoms with E-state index in [-0.39, 0.29) is 11.7 Å². The van der Waals surface area contributed by atoms with Crippen molar-refractivity contribution in [3.8, 4) is 0 Å². The lowest BCUT2D eigenvalue weighted by Crippen LogP contribution is -2.40. The maximum absolute atomic E-state index is 13.9. The smallest absolute Gasteiger partial charge is 0.230 e. The molecule has 0 aromatic heterocycles. The van der Waals surface area contributed by atoms with Gasteiger partial charge in [-0.1, -0.05) is 32.0 Å². The highest BCUT2D eigenvalue weighted by Crippen LogP contribution is 2.49. The highest BCUT2D eigenvalue weighted by molar-refractivity contribution is 5.91. The first kappa shape index (κ1) is 15.0. The molecule has 1 N–H and O–H groups in total. The summed E-state index contributed by atoms with van der Waals surface area (Å²) in [5.74, 6) is -0.307. The number of hydrogen-bond donors (Lipinski definition) is 1. The zero-order valence-electron chi connectivity index (χ0n) is 12.3. The minimum absolute atomic E-state index is 0.0326. The van der Waals surface area contributed by atoms with Crippen LogP contribution in [0.5, 0.6) is 0 Å². The second kappa shape index (κ2) is 6.35. The molecule has 0 aliphatic heterocycles. The Kier molecular flexibility index (Phi) is 4.76. The van der Waals surface area contributed by atoms with Gasteiger partial charge in [0.25, 0.3) is 0 Å². The molecule has 1 saturated carbocycles. The van der Waals surface area contributed by atoms with Crippen LogP contribution in [0.25, 0.3) is 0 Å². The fourth-order valence-corrected chi connectivity index (χ4v) is 2.63. The molecule has 1 fully saturated rings. The Bertz CT molecular complexity index is 467. The van der Waals surface area contributed by atoms with Crippen LogP contribution in [0.1, 0.15) is 32.3 Å². The molecular weight excluding hydrogens is 255 g/mol. The molecule has 2 rings (SSSR count). The first-order chi connectivity index (χ1) is 9.64. The fourth-order valence-electron chi connectivity index (χ4n) is 2.63. The third-order valence-electron chi connectivity index (χ3n) is 4.18. The van der Waals surface area contributed by atoms with Crippen LogP contribution >= 0.6 is 0 Å². The van der Waals surface area contributed by atoms with Gasteiger partial charge in [-0.2, -0.15) is 0 Å². The van der Waals surface area contributed by atoms with E-state index in [1.54, 1.807) is 18.2 Å². The van der Waals surface area contributed by atoms with E-state index in [2.05, 4.69) is 24.1 Å². The van der Waals surface area contributed by atoms with Gasteiger partial charge in [-0.15, -0.1) is 0 Å². The van der Waals surface area contributed by atoms with E-state index in [0.717, 1.165) is 32.5 Å². The van der Waals surface area contributed by atoms with Gasteiger partial charge in [0, 0.05) is 18.7 Å². The largest absolute Gasteiger partial charge is 0.354 e. The first-order valence-corrected chi connectivity index (χ1v) is 7.39. The third-order valence-corrected chi connectivity index (χ3v) is 4.18. The fraction of sp³-hybridized carbons (Fsp3) is 0.562. The lowest BCUT2D eigenvalue weighted by atomic mass is 9.94. The number of benzene rings is 1. The van der Waals surface area contributed by atoms with Gasteiger partial charge in [0.2, 0.25) is 5.91 Å². The van der Waals surface area contributed by atoms with E-state index in [1.807, 2.05) is 0 Å². The average molecular weight is 278 g/mol. The number of carbonyl (C=O) groups excluding carboxylic acids is 1. The lowest BCUT2D eigenvalue weighted by Gasteiger charge is -2.20. The molecule has 4 heteroatoms. The van der Waals surface area contributed by atoms with Crippen molar-refractivity contribution in [3.05, 3.63) is 35.6 Å². The number of carbonyl (C=O) groups is 1. The standard InChI is InChI=1S/C16H23FN2O/c1-3-19(4-2)12-11-18-15(20)16(9-10-16)13-7-5-6-8-14(13)17/h5-8H,3-4,9-12H2,1-2H3,(H,18,20). The van der Waals surface area contributed by atoms with Crippen LogP contribution in [-0.2, 0) is 10.2 Å². The van der Waals surface area contributed by atoms with E-state index in [9.17, 15) is 9.18 Å². The molecule has 0 heterocycles. The molecule has 0 radical (unpaired) electrons. The summed E-state index contributed by atoms with van der Waals surface area (Å²) in [5, 5.41) is 2.96. The Balaban J connectivity index is 1.94. The van der Waals surface area contributed by atoms with Crippen LogP contribution in [0.2, 0.25) is 0 Å². The second-order valence-corrected chi connectivity index (χ2v) is 5.34. The minimum atomic E-state index is -0.616. The summed E-state index contributed by atoms with van der Waals surface area (Å²) in [5.41, 5.74) is -0.0745. The molecule has 20 heavy (non-hydrogen) atoms. The van der Waals surface area contributed by atoms with Gasteiger partial charge >= 0.3 is 0 Å². The SMILES string of the molecule is CCN(CC)CCNC(=O)C1(c2ccccc2F)CC1. The maximum Gasteiger partial charge on any atom is 0.230 e. The van der Waals surface area contributed by atoms with Crippen LogP contribution in [0, 0.1) is 5.82 Å². The van der Waals surface area contributed by atoms with Crippen molar-refractivity contribution in [2.75, 3.05) is 26.2 Å². The van der Waals surface area contributed by atoms with Crippen molar-refractivity contribution in [1.82, 2.24) is 10.2 Å². The van der Waals surface area contributed by atoms with Gasteiger partial charge in [-0.3, -0.25) is 4.79 Å². The molecule has 1 aromatic rings. The number of nitrogens with zero attached hydrogens (tertiary/aromatic N) is 1. The van der Waals surface area contributed by atoms with Crippen LogP contribution in [0.15, 0.2) is 24.3 Å². The first-order valence-electron chi connectivity index (χ1n) is 7.39. The van der Waals surface area contributed by atoms with Crippen LogP contribution in [-0.4, -0.2) is 37.0 Å². The number of rotatable bonds is 7. The maximum atomic E-state index is 13.9. The summed E-state index contributed by atoms with van der Waals surface area (Å²) in [6.07, 6.45) is 1.48. The monoisotopic (exact) mass is 278 g/mol. The Morgan fingerprint density at radius 1 is 1.30 bits per heavy atom. The molecular formula is C16H23FN2O. The van der Waals surface area contributed by atoms with Crippen molar-refractivity contribution in [3.63, 3.8) is 0 Å². The van der Waals surface area contributed by atoms with Crippen LogP contribution < -0.4 is 5.32 Å². The van der Waals surface area contributed by atoms with E-state index < -0.39 is 5.41 Å². The lowest BCUT2D eigenvalue weighted by molar-refractivity contribution is -0.123. The number of halogens is 1. The predicted octanol–water partition coefficient (Wildman–Crippen LogP) is 2.32. The molecule has 110 valence electrons. The van der Waals surface area contributed by atoms with Gasteiger partial charge in [0.05, 0.1) is 5.41 Å². The Labute approximate surface area is 120 Å². The van der Waals surface area contributed by atoms with Crippen LogP contribution in [0.4, 0.5) is 4.39 Å². The van der Waals surface area contributed by atoms with Gasteiger partial charge < -0.3 is 10.2 Å². The quantitative estimate of drug-likeness (QED) is 0.830. The molecule has 0 saturated heterocycles. The Hall–Kier alpha value is -1.42. The highest BCUT2D eigenvalue weighted by Gasteiger charge is 2.52. The van der Waals surface area contributed by atoms with E-state index in [0.29, 0.717) is 12.1 Å². The predicted molar refractivity (Wildman–Crippen MR) is 78.1 cm³/mol. The molecule has 0 unspecified atom stereocenters. The van der Waals surface area contributed by atoms with Gasteiger partial charge in [-0.05, 0) is 32.0 Å². The molecule has 1 aliphatic rings. The summed E-state index contributed by atoms with van der Waals surface area (Å²) in [4.78, 5) is 14.6. The second-order valence-electron chi connectivity index (χ2n) is 5.34. The summed E-state index contributed by atoms with van der Waals surface area (Å²) in [6.45, 7) is 7.62. The van der Waals surface area contributed by atoms with Crippen molar-refractivity contribution < 1.29 is 9.18 Å². The van der Waals surface area contributed by atoms with Gasteiger partial charge in [0.1, 0.15) is 5.82 Å². The molecule has 1 aromatic carbocycles. The van der Waals surface area contributed by atoms with Gasteiger partial charge in [-0.25, -0.2) is 4.39 Å². The summed E-state index contributed by atoms with van der Waals surface area (Å²) < 4.78 is 13.9. The number of nitrogens with one attached hydrogen (secondary N) is 1. The van der Waals surface area contributed by atoms with Crippen molar-refractivity contribution >= 4 is 5.91 Å². The number of likely N-dealkylation sites (N-methyl/N-ethyl adjacent to an activating group) is 1. The van der Waals surface area contributed by atoms with Crippen molar-refractivity contribution in [2.24, 2.45) is 0 Å². The average Bonchev–Trinajstić information content (AvgIpc) is 3.25. The Morgan fingerprint density at radius 3 is 2.50 bits per heavy atom. The van der Waals surface area contributed by atoms with Gasteiger partial charge in [0.15, 0.2) is 0 Å². The van der Waals surface area contributed by atoms with Crippen molar-refractivity contribution in [1.29, 1.82) is 0 Å². The number of amides is 1. The normalized spacial score (nSPS) is 16.2. The molecule has 0 bridgehead atoms. The third kappa shape index (κ3) is 3.01. The van der Waals surface area contributed by atoms with Crippen LogP contribution in [0.3, 0.4) is 0 Å².